The molecule has 105 heavy (non-hydrogen) atoms. The summed E-state index contributed by atoms with van der Waals surface area (Å²) in [4.78, 5) is 18.5. The van der Waals surface area contributed by atoms with Gasteiger partial charge < -0.3 is 97.4 Å². The van der Waals surface area contributed by atoms with Crippen LogP contribution in [-0.2, 0) is 82.6 Å². The Morgan fingerprint density at radius 3 is 0.533 bits per heavy atom. The smallest absolute Gasteiger partial charge is 0.723 e. The Labute approximate surface area is 649 Å². The normalized spacial score (nSPS) is 13.3. The number of ether oxygens (including phenoxy) is 12. The van der Waals surface area contributed by atoms with Crippen LogP contribution in [0.15, 0.2) is 72.8 Å². The van der Waals surface area contributed by atoms with Crippen LogP contribution in [0.1, 0.15) is 287 Å². The van der Waals surface area contributed by atoms with Gasteiger partial charge in [0.15, 0.2) is 0 Å². The van der Waals surface area contributed by atoms with Gasteiger partial charge in [0, 0.05) is 48.7 Å². The van der Waals surface area contributed by atoms with E-state index >= 15 is 0 Å². The van der Waals surface area contributed by atoms with Crippen LogP contribution >= 0.6 is 0 Å². The summed E-state index contributed by atoms with van der Waals surface area (Å²) in [6.45, 7) is 40.4. The summed E-state index contributed by atoms with van der Waals surface area (Å²) in [5.74, 6) is 5.47. The maximum absolute atomic E-state index is 11.6. The summed E-state index contributed by atoms with van der Waals surface area (Å²) < 4.78 is 69.5. The molecular formula is C84H140O20Ti. The van der Waals surface area contributed by atoms with Gasteiger partial charge in [0.05, 0.1) is 79.3 Å². The number of hydrogen-bond donors (Lipinski definition) is 0. The molecule has 21 heteroatoms. The van der Waals surface area contributed by atoms with Crippen molar-refractivity contribution in [2.75, 3.05) is 106 Å². The van der Waals surface area contributed by atoms with E-state index in [0.29, 0.717) is 148 Å². The zero-order valence-electron chi connectivity index (χ0n) is 67.9. The molecule has 0 aliphatic heterocycles. The Morgan fingerprint density at radius 2 is 0.381 bits per heavy atom. The molecule has 0 spiro atoms. The first kappa shape index (κ1) is 101. The molecule has 0 aliphatic carbocycles. The summed E-state index contributed by atoms with van der Waals surface area (Å²) in [6.07, 6.45) is 24.2. The molecular weight excluding hydrogens is 1380 g/mol. The van der Waals surface area contributed by atoms with E-state index in [9.17, 15) is 21.0 Å². The molecule has 0 N–H and O–H groups in total. The Balaban J connectivity index is 0.00000137. The second-order valence-corrected chi connectivity index (χ2v) is 27.1. The van der Waals surface area contributed by atoms with Crippen LogP contribution in [0.5, 0.6) is 46.0 Å². The van der Waals surface area contributed by atoms with Gasteiger partial charge in [-0.2, -0.15) is 0 Å². The fourth-order valence-corrected chi connectivity index (χ4v) is 9.84. The monoisotopic (exact) mass is 1520 g/mol. The molecule has 4 aromatic carbocycles. The molecule has 0 heterocycles. The summed E-state index contributed by atoms with van der Waals surface area (Å²) in [5, 5.41) is 46.4. The number of unbranched alkanes of at least 4 members (excludes halogenated alkanes) is 12. The quantitative estimate of drug-likeness (QED) is 0.0173. The van der Waals surface area contributed by atoms with Crippen molar-refractivity contribution in [2.45, 2.75) is 287 Å². The van der Waals surface area contributed by atoms with Crippen LogP contribution in [0.2, 0.25) is 0 Å². The van der Waals surface area contributed by atoms with Crippen molar-refractivity contribution in [3.63, 3.8) is 0 Å². The van der Waals surface area contributed by atoms with E-state index in [1.54, 1.807) is 27.7 Å². The van der Waals surface area contributed by atoms with Crippen molar-refractivity contribution >= 4 is 0 Å². The van der Waals surface area contributed by atoms with Gasteiger partial charge in [-0.25, -0.2) is 0 Å². The fraction of sp³-hybridized carbons (Fsp3) is 0.714. The van der Waals surface area contributed by atoms with Crippen molar-refractivity contribution in [1.82, 2.24) is 0 Å². The first-order valence-electron chi connectivity index (χ1n) is 39.6. The predicted molar refractivity (Wildman–Crippen MR) is 406 cm³/mol. The van der Waals surface area contributed by atoms with Crippen molar-refractivity contribution in [3.8, 4) is 46.0 Å². The second kappa shape index (κ2) is 63.3. The topological polar surface area (TPSA) is 240 Å². The molecule has 4 atom stereocenters. The number of rotatable bonds is 60. The maximum Gasteiger partial charge on any atom is 4.00 e. The molecule has 0 fully saturated rings. The molecule has 0 saturated heterocycles. The maximum atomic E-state index is 11.6. The molecule has 4 unspecified atom stereocenters. The summed E-state index contributed by atoms with van der Waals surface area (Å²) in [5.41, 5.74) is -1.80. The predicted octanol–water partition coefficient (Wildman–Crippen LogP) is 17.5. The zero-order valence-corrected chi connectivity index (χ0v) is 69.4. The zero-order chi connectivity index (χ0) is 77.0. The van der Waals surface area contributed by atoms with E-state index in [4.69, 9.17) is 56.8 Å². The molecule has 0 amide bonds. The summed E-state index contributed by atoms with van der Waals surface area (Å²) in [7, 11) is 0. The van der Waals surface area contributed by atoms with Gasteiger partial charge in [0.1, 0.15) is 68.4 Å². The Kier molecular flexibility index (Phi) is 60.6. The summed E-state index contributed by atoms with van der Waals surface area (Å²) in [6, 6.07) is 22.3. The average Bonchev–Trinajstić information content (AvgIpc) is 0.827. The first-order chi connectivity index (χ1) is 50.4. The minimum Gasteiger partial charge on any atom is -0.723 e. The number of hydrogen-bond acceptors (Lipinski definition) is 20. The van der Waals surface area contributed by atoms with Gasteiger partial charge in [0.2, 0.25) is 0 Å². The van der Waals surface area contributed by atoms with E-state index in [-0.39, 0.29) is 48.1 Å². The van der Waals surface area contributed by atoms with E-state index < -0.39 is 22.4 Å². The van der Waals surface area contributed by atoms with Gasteiger partial charge in [-0.3, -0.25) is 0 Å². The van der Waals surface area contributed by atoms with Gasteiger partial charge >= 0.3 is 21.7 Å². The average molecular weight is 1520 g/mol. The third kappa shape index (κ3) is 41.2. The van der Waals surface area contributed by atoms with E-state index in [0.717, 1.165) is 154 Å². The van der Waals surface area contributed by atoms with E-state index in [1.807, 2.05) is 72.8 Å². The largest absolute Gasteiger partial charge is 4.00 e. The van der Waals surface area contributed by atoms with Crippen molar-refractivity contribution in [2.24, 2.45) is 0 Å². The Bertz CT molecular complexity index is 2330. The molecule has 0 aromatic heterocycles. The standard InChI is InChI=1S/4C21H36O5.Ti/c4*1-5-8-13-23-17-21(4,26-22)19-16-18(24-14-9-6-2)11-12-20(19)25-15-10-7-3;/h4*11-12,16,22H,5-10,13-15,17H2,1-4H3;/q;;;;+4/p-4. The van der Waals surface area contributed by atoms with Crippen LogP contribution in [0.4, 0.5) is 0 Å². The minimum absolute atomic E-state index is 0. The second-order valence-electron chi connectivity index (χ2n) is 27.1. The van der Waals surface area contributed by atoms with E-state index in [2.05, 4.69) is 103 Å². The molecule has 0 bridgehead atoms. The molecule has 0 aliphatic rings. The molecule has 20 nitrogen and oxygen atoms in total. The van der Waals surface area contributed by atoms with Crippen molar-refractivity contribution in [3.05, 3.63) is 95.1 Å². The van der Waals surface area contributed by atoms with Crippen LogP contribution < -0.4 is 58.9 Å². The molecule has 0 saturated carbocycles. The minimum atomic E-state index is -1.13. The van der Waals surface area contributed by atoms with Crippen LogP contribution in [0.3, 0.4) is 0 Å². The van der Waals surface area contributed by atoms with Gasteiger partial charge in [0.25, 0.3) is 0 Å². The molecule has 4 rings (SSSR count). The Hall–Kier alpha value is -4.49. The molecule has 4 aromatic rings. The van der Waals surface area contributed by atoms with Crippen molar-refractivity contribution < 1.29 is 119 Å². The number of benzene rings is 4. The van der Waals surface area contributed by atoms with Crippen LogP contribution in [0.25, 0.3) is 0 Å². The molecule has 0 radical (unpaired) electrons. The van der Waals surface area contributed by atoms with Gasteiger partial charge in [-0.15, -0.1) is 0 Å². The molecule has 600 valence electrons. The third-order valence-electron chi connectivity index (χ3n) is 17.0. The third-order valence-corrected chi connectivity index (χ3v) is 17.0. The van der Waals surface area contributed by atoms with Crippen LogP contribution in [0, 0.1) is 0 Å². The Morgan fingerprint density at radius 1 is 0.229 bits per heavy atom. The van der Waals surface area contributed by atoms with Crippen LogP contribution in [-0.4, -0.2) is 106 Å². The van der Waals surface area contributed by atoms with Gasteiger partial charge in [-0.1, -0.05) is 160 Å². The fourth-order valence-electron chi connectivity index (χ4n) is 9.84. The first-order valence-corrected chi connectivity index (χ1v) is 39.6. The van der Waals surface area contributed by atoms with Gasteiger partial charge in [-0.05, 0) is 178 Å². The SMILES string of the molecule is CCCCOCC(C)(O[O-])c1cc(OCCCC)ccc1OCCCC.CCCCOCC(C)(O[O-])c1cc(OCCCC)ccc1OCCCC.CCCCOCC(C)(O[O-])c1cc(OCCCC)ccc1OCCCC.CCCCOCC(C)(O[O-])c1cc(OCCCC)ccc1OCCCC.[Ti+4]. The summed E-state index contributed by atoms with van der Waals surface area (Å²) >= 11 is 0. The van der Waals surface area contributed by atoms with E-state index in [1.165, 1.54) is 0 Å². The van der Waals surface area contributed by atoms with Crippen molar-refractivity contribution in [1.29, 1.82) is 0 Å².